The van der Waals surface area contributed by atoms with Crippen LogP contribution in [0, 0.1) is 0 Å². The minimum Gasteiger partial charge on any atom is -0.496 e. The van der Waals surface area contributed by atoms with Crippen LogP contribution in [0.4, 0.5) is 0 Å². The lowest BCUT2D eigenvalue weighted by molar-refractivity contribution is -0.140. The summed E-state index contributed by atoms with van der Waals surface area (Å²) in [5.74, 6) is 0.273. The fraction of sp³-hybridized carbons (Fsp3) is 0.600. The highest BCUT2D eigenvalue weighted by Gasteiger charge is 2.45. The van der Waals surface area contributed by atoms with Crippen LogP contribution in [0.25, 0.3) is 5.57 Å². The standard InChI is InChI=1S/C25H35N3O4/c1-32-21-12-8-7-11-20(21)22-23(27-15-13-26(14-16-27)17-18-29)25(31)28(24(22)30)19-9-5-3-2-4-6-10-19/h7-8,11-12,19,29H,2-6,9-10,13-18H2,1H3. The summed E-state index contributed by atoms with van der Waals surface area (Å²) in [7, 11) is 1.60. The number of aliphatic hydroxyl groups excluding tert-OH is 1. The van der Waals surface area contributed by atoms with E-state index in [9.17, 15) is 14.7 Å². The molecule has 0 aromatic heterocycles. The molecule has 0 bridgehead atoms. The second-order valence-corrected chi connectivity index (χ2v) is 8.96. The van der Waals surface area contributed by atoms with E-state index in [0.29, 0.717) is 42.2 Å². The maximum Gasteiger partial charge on any atom is 0.278 e. The number of rotatable bonds is 6. The van der Waals surface area contributed by atoms with Gasteiger partial charge in [-0.15, -0.1) is 0 Å². The molecule has 3 aliphatic rings. The van der Waals surface area contributed by atoms with Gasteiger partial charge in [-0.1, -0.05) is 50.3 Å². The Morgan fingerprint density at radius 2 is 1.59 bits per heavy atom. The van der Waals surface area contributed by atoms with Crippen LogP contribution in [-0.2, 0) is 9.59 Å². The molecule has 7 nitrogen and oxygen atoms in total. The normalized spacial score (nSPS) is 21.8. The molecule has 2 heterocycles. The maximum atomic E-state index is 13.8. The van der Waals surface area contributed by atoms with Gasteiger partial charge in [0.2, 0.25) is 0 Å². The average Bonchev–Trinajstić information content (AvgIpc) is 3.04. The number of hydrogen-bond donors (Lipinski definition) is 1. The Morgan fingerprint density at radius 3 is 2.25 bits per heavy atom. The van der Waals surface area contributed by atoms with Crippen molar-refractivity contribution in [1.82, 2.24) is 14.7 Å². The number of amides is 2. The van der Waals surface area contributed by atoms with Gasteiger partial charge in [0.05, 0.1) is 19.3 Å². The van der Waals surface area contributed by atoms with Crippen LogP contribution < -0.4 is 4.74 Å². The first-order valence-electron chi connectivity index (χ1n) is 12.0. The Morgan fingerprint density at radius 1 is 0.938 bits per heavy atom. The molecule has 1 aromatic rings. The lowest BCUT2D eigenvalue weighted by Crippen LogP contribution is -2.49. The van der Waals surface area contributed by atoms with Crippen molar-refractivity contribution in [3.05, 3.63) is 35.5 Å². The van der Waals surface area contributed by atoms with E-state index in [2.05, 4.69) is 9.80 Å². The number of hydrogen-bond acceptors (Lipinski definition) is 6. The van der Waals surface area contributed by atoms with Gasteiger partial charge in [0, 0.05) is 44.3 Å². The van der Waals surface area contributed by atoms with Crippen molar-refractivity contribution in [3.63, 3.8) is 0 Å². The summed E-state index contributed by atoms with van der Waals surface area (Å²) in [5.41, 5.74) is 1.69. The minimum atomic E-state index is -0.183. The molecule has 2 amide bonds. The Hall–Kier alpha value is -2.38. The van der Waals surface area contributed by atoms with E-state index in [1.807, 2.05) is 24.3 Å². The first-order chi connectivity index (χ1) is 15.7. The maximum absolute atomic E-state index is 13.8. The third-order valence-corrected chi connectivity index (χ3v) is 7.01. The van der Waals surface area contributed by atoms with Crippen molar-refractivity contribution >= 4 is 17.4 Å². The van der Waals surface area contributed by atoms with Gasteiger partial charge in [-0.2, -0.15) is 0 Å². The highest BCUT2D eigenvalue weighted by atomic mass is 16.5. The summed E-state index contributed by atoms with van der Waals surface area (Å²) in [6.07, 6.45) is 7.45. The highest BCUT2D eigenvalue weighted by molar-refractivity contribution is 6.36. The quantitative estimate of drug-likeness (QED) is 0.684. The van der Waals surface area contributed by atoms with Crippen LogP contribution >= 0.6 is 0 Å². The van der Waals surface area contributed by atoms with Gasteiger partial charge in [0.1, 0.15) is 11.4 Å². The average molecular weight is 442 g/mol. The SMILES string of the molecule is COc1ccccc1C1=C(N2CCN(CCO)CC2)C(=O)N(C2CCCCCCC2)C1=O. The van der Waals surface area contributed by atoms with Gasteiger partial charge in [-0.05, 0) is 18.9 Å². The Kier molecular flexibility index (Phi) is 7.48. The van der Waals surface area contributed by atoms with E-state index in [1.54, 1.807) is 12.0 Å². The van der Waals surface area contributed by atoms with Gasteiger partial charge in [0.15, 0.2) is 0 Å². The zero-order valence-electron chi connectivity index (χ0n) is 19.1. The third kappa shape index (κ3) is 4.55. The summed E-state index contributed by atoms with van der Waals surface area (Å²) in [6.45, 7) is 3.59. The van der Waals surface area contributed by atoms with Crippen LogP contribution in [0.1, 0.15) is 50.5 Å². The number of β-amino-alcohol motifs (C(OH)–C–C–N with tert-alkyl or cyclic N) is 1. The van der Waals surface area contributed by atoms with E-state index in [0.717, 1.165) is 38.8 Å². The molecule has 4 rings (SSSR count). The van der Waals surface area contributed by atoms with Crippen LogP contribution in [-0.4, -0.2) is 84.1 Å². The van der Waals surface area contributed by atoms with E-state index >= 15 is 0 Å². The van der Waals surface area contributed by atoms with Gasteiger partial charge in [-0.25, -0.2) is 0 Å². The number of methoxy groups -OCH3 is 1. The largest absolute Gasteiger partial charge is 0.496 e. The Bertz CT molecular complexity index is 852. The lowest BCUT2D eigenvalue weighted by atomic mass is 9.95. The molecular formula is C25H35N3O4. The number of nitrogens with zero attached hydrogens (tertiary/aromatic N) is 3. The van der Waals surface area contributed by atoms with Crippen molar-refractivity contribution in [2.45, 2.75) is 51.0 Å². The highest BCUT2D eigenvalue weighted by Crippen LogP contribution is 2.39. The molecule has 174 valence electrons. The molecule has 1 saturated heterocycles. The minimum absolute atomic E-state index is 0.0341. The van der Waals surface area contributed by atoms with Crippen LogP contribution in [0.3, 0.4) is 0 Å². The summed E-state index contributed by atoms with van der Waals surface area (Å²) >= 11 is 0. The topological polar surface area (TPSA) is 73.3 Å². The second-order valence-electron chi connectivity index (χ2n) is 8.96. The van der Waals surface area contributed by atoms with Gasteiger partial charge < -0.3 is 14.7 Å². The molecule has 7 heteroatoms. The molecule has 32 heavy (non-hydrogen) atoms. The number of carbonyl (C=O) groups is 2. The molecule has 1 aromatic carbocycles. The monoisotopic (exact) mass is 441 g/mol. The van der Waals surface area contributed by atoms with E-state index in [4.69, 9.17) is 4.74 Å². The molecular weight excluding hydrogens is 406 g/mol. The van der Waals surface area contributed by atoms with Crippen LogP contribution in [0.2, 0.25) is 0 Å². The van der Waals surface area contributed by atoms with Crippen molar-refractivity contribution in [3.8, 4) is 5.75 Å². The number of ether oxygens (including phenoxy) is 1. The predicted molar refractivity (Wildman–Crippen MR) is 123 cm³/mol. The molecule has 0 spiro atoms. The zero-order chi connectivity index (χ0) is 22.5. The second kappa shape index (κ2) is 10.5. The first kappa shape index (κ1) is 22.8. The fourth-order valence-electron chi connectivity index (χ4n) is 5.28. The first-order valence-corrected chi connectivity index (χ1v) is 12.0. The molecule has 1 N–H and O–H groups in total. The Balaban J connectivity index is 1.69. The number of carbonyl (C=O) groups excluding carboxylic acids is 2. The Labute approximate surface area is 190 Å². The number of imide groups is 1. The molecule has 0 radical (unpaired) electrons. The number of aliphatic hydroxyl groups is 1. The van der Waals surface area contributed by atoms with Gasteiger partial charge >= 0.3 is 0 Å². The molecule has 2 aliphatic heterocycles. The summed E-state index contributed by atoms with van der Waals surface area (Å²) in [4.78, 5) is 33.5. The zero-order valence-corrected chi connectivity index (χ0v) is 19.1. The van der Waals surface area contributed by atoms with E-state index < -0.39 is 0 Å². The van der Waals surface area contributed by atoms with Crippen molar-refractivity contribution < 1.29 is 19.4 Å². The van der Waals surface area contributed by atoms with Crippen molar-refractivity contribution in [2.24, 2.45) is 0 Å². The van der Waals surface area contributed by atoms with E-state index in [1.165, 1.54) is 19.3 Å². The number of piperazine rings is 1. The van der Waals surface area contributed by atoms with Crippen molar-refractivity contribution in [2.75, 3.05) is 46.4 Å². The smallest absolute Gasteiger partial charge is 0.278 e. The molecule has 0 atom stereocenters. The van der Waals surface area contributed by atoms with Gasteiger partial charge in [-0.3, -0.25) is 19.4 Å². The van der Waals surface area contributed by atoms with E-state index in [-0.39, 0.29) is 24.5 Å². The molecule has 1 saturated carbocycles. The molecule has 1 aliphatic carbocycles. The number of benzene rings is 1. The van der Waals surface area contributed by atoms with Crippen molar-refractivity contribution in [1.29, 1.82) is 0 Å². The summed E-state index contributed by atoms with van der Waals surface area (Å²) in [6, 6.07) is 7.45. The molecule has 0 unspecified atom stereocenters. The lowest BCUT2D eigenvalue weighted by Gasteiger charge is -2.36. The predicted octanol–water partition coefficient (Wildman–Crippen LogP) is 2.50. The van der Waals surface area contributed by atoms with Crippen LogP contribution in [0.5, 0.6) is 5.75 Å². The summed E-state index contributed by atoms with van der Waals surface area (Å²) < 4.78 is 5.57. The molecule has 2 fully saturated rings. The van der Waals surface area contributed by atoms with Crippen LogP contribution in [0.15, 0.2) is 30.0 Å². The third-order valence-electron chi connectivity index (χ3n) is 7.01. The summed E-state index contributed by atoms with van der Waals surface area (Å²) in [5, 5.41) is 9.26. The van der Waals surface area contributed by atoms with Gasteiger partial charge in [0.25, 0.3) is 11.8 Å². The fourth-order valence-corrected chi connectivity index (χ4v) is 5.28. The number of para-hydroxylation sites is 1.